The van der Waals surface area contributed by atoms with Crippen molar-refractivity contribution in [3.63, 3.8) is 0 Å². The van der Waals surface area contributed by atoms with Crippen molar-refractivity contribution in [3.8, 4) is 0 Å². The number of fused-ring (bicyclic) bond motifs is 1. The molecule has 1 heterocycles. The van der Waals surface area contributed by atoms with Crippen LogP contribution in [0, 0.1) is 13.1 Å². The first kappa shape index (κ1) is 8.82. The maximum absolute atomic E-state index is 10.6. The molecule has 0 aliphatic carbocycles. The van der Waals surface area contributed by atoms with E-state index in [9.17, 15) is 10.1 Å². The molecule has 2 rings (SSSR count). The highest BCUT2D eigenvalue weighted by molar-refractivity contribution is 14.1. The van der Waals surface area contributed by atoms with Gasteiger partial charge < -0.3 is 0 Å². The van der Waals surface area contributed by atoms with Gasteiger partial charge in [0.15, 0.2) is 8.53 Å². The van der Waals surface area contributed by atoms with Crippen LogP contribution in [0.2, 0.25) is 0 Å². The summed E-state index contributed by atoms with van der Waals surface area (Å²) in [5.41, 5.74) is 0.568. The number of nitro groups is 1. The molecule has 4 nitrogen and oxygen atoms in total. The Labute approximate surface area is 90.9 Å². The maximum atomic E-state index is 10.6. The van der Waals surface area contributed by atoms with Gasteiger partial charge in [-0.05, 0) is 28.7 Å². The molecule has 0 bridgehead atoms. The second kappa shape index (κ2) is 3.18. The Hall–Kier alpha value is -0.760. The largest absolute Gasteiger partial charge is 0.296 e. The van der Waals surface area contributed by atoms with Crippen molar-refractivity contribution in [2.45, 2.75) is 0 Å². The van der Waals surface area contributed by atoms with E-state index >= 15 is 0 Å². The van der Waals surface area contributed by atoms with Crippen molar-refractivity contribution < 1.29 is 4.92 Å². The molecular formula is C7H3IN2O2S. The molecule has 0 saturated heterocycles. The standard InChI is InChI=1S/C7H3IN2O2S/c8-7-9-6-4(10(11)12)2-1-3-5(6)13-7/h1-3H. The van der Waals surface area contributed by atoms with Gasteiger partial charge in [0, 0.05) is 6.07 Å². The zero-order chi connectivity index (χ0) is 9.42. The van der Waals surface area contributed by atoms with Crippen molar-refractivity contribution in [1.82, 2.24) is 4.98 Å². The molecule has 6 heteroatoms. The van der Waals surface area contributed by atoms with Crippen LogP contribution in [0.5, 0.6) is 0 Å². The molecule has 0 N–H and O–H groups in total. The maximum Gasteiger partial charge on any atom is 0.296 e. The summed E-state index contributed by atoms with van der Waals surface area (Å²) in [7, 11) is 0. The van der Waals surface area contributed by atoms with E-state index in [1.165, 1.54) is 17.4 Å². The summed E-state index contributed by atoms with van der Waals surface area (Å²) in [6.07, 6.45) is 0. The van der Waals surface area contributed by atoms with Crippen LogP contribution >= 0.6 is 33.9 Å². The van der Waals surface area contributed by atoms with Crippen LogP contribution in [-0.4, -0.2) is 9.91 Å². The highest BCUT2D eigenvalue weighted by Crippen LogP contribution is 2.29. The van der Waals surface area contributed by atoms with Gasteiger partial charge in [-0.3, -0.25) is 10.1 Å². The monoisotopic (exact) mass is 306 g/mol. The van der Waals surface area contributed by atoms with Gasteiger partial charge in [0.05, 0.1) is 9.62 Å². The molecule has 0 radical (unpaired) electrons. The van der Waals surface area contributed by atoms with Crippen LogP contribution in [0.15, 0.2) is 18.2 Å². The second-order valence-electron chi connectivity index (χ2n) is 2.35. The fraction of sp³-hybridized carbons (Fsp3) is 0. The quantitative estimate of drug-likeness (QED) is 0.462. The SMILES string of the molecule is O=[N+]([O-])c1cccc2sc(I)nc12. The smallest absolute Gasteiger partial charge is 0.258 e. The van der Waals surface area contributed by atoms with E-state index in [2.05, 4.69) is 27.6 Å². The van der Waals surface area contributed by atoms with Crippen LogP contribution in [0.25, 0.3) is 10.2 Å². The first-order valence-corrected chi connectivity index (χ1v) is 5.27. The predicted octanol–water partition coefficient (Wildman–Crippen LogP) is 2.81. The molecule has 0 spiro atoms. The Kier molecular flexibility index (Phi) is 2.16. The number of nitrogens with zero attached hydrogens (tertiary/aromatic N) is 2. The van der Waals surface area contributed by atoms with Gasteiger partial charge in [-0.1, -0.05) is 6.07 Å². The van der Waals surface area contributed by atoms with Crippen molar-refractivity contribution >= 4 is 49.8 Å². The molecule has 0 aliphatic heterocycles. The molecular weight excluding hydrogens is 303 g/mol. The van der Waals surface area contributed by atoms with Gasteiger partial charge in [-0.15, -0.1) is 11.3 Å². The summed E-state index contributed by atoms with van der Waals surface area (Å²) in [5, 5.41) is 10.6. The predicted molar refractivity (Wildman–Crippen MR) is 59.0 cm³/mol. The van der Waals surface area contributed by atoms with E-state index in [-0.39, 0.29) is 5.69 Å². The number of halogens is 1. The molecule has 1 aromatic carbocycles. The first-order chi connectivity index (χ1) is 6.18. The third kappa shape index (κ3) is 1.51. The van der Waals surface area contributed by atoms with Crippen LogP contribution in [0.4, 0.5) is 5.69 Å². The van der Waals surface area contributed by atoms with Gasteiger partial charge in [0.1, 0.15) is 0 Å². The lowest BCUT2D eigenvalue weighted by atomic mass is 10.3. The Morgan fingerprint density at radius 1 is 1.54 bits per heavy atom. The lowest BCUT2D eigenvalue weighted by Crippen LogP contribution is -1.88. The number of benzene rings is 1. The topological polar surface area (TPSA) is 56.0 Å². The number of nitro benzene ring substituents is 1. The van der Waals surface area contributed by atoms with Crippen molar-refractivity contribution in [3.05, 3.63) is 31.3 Å². The summed E-state index contributed by atoms with van der Waals surface area (Å²) in [6, 6.07) is 4.98. The highest BCUT2D eigenvalue weighted by Gasteiger charge is 2.14. The molecule has 1 aromatic heterocycles. The third-order valence-corrected chi connectivity index (χ3v) is 3.28. The minimum absolute atomic E-state index is 0.0802. The number of hydrogen-bond acceptors (Lipinski definition) is 4. The number of aromatic nitrogens is 1. The van der Waals surface area contributed by atoms with E-state index in [1.807, 2.05) is 6.07 Å². The molecule has 0 fully saturated rings. The minimum Gasteiger partial charge on any atom is -0.258 e. The summed E-state index contributed by atoms with van der Waals surface area (Å²) in [5.74, 6) is 0. The van der Waals surface area contributed by atoms with Crippen LogP contribution in [-0.2, 0) is 0 Å². The zero-order valence-corrected chi connectivity index (χ0v) is 9.20. The Morgan fingerprint density at radius 3 is 3.00 bits per heavy atom. The van der Waals surface area contributed by atoms with E-state index in [1.54, 1.807) is 6.07 Å². The van der Waals surface area contributed by atoms with Gasteiger partial charge in [-0.25, -0.2) is 4.98 Å². The van der Waals surface area contributed by atoms with Gasteiger partial charge in [-0.2, -0.15) is 0 Å². The summed E-state index contributed by atoms with van der Waals surface area (Å²) < 4.78 is 1.68. The number of non-ortho nitro benzene ring substituents is 1. The Bertz CT molecular complexity index is 482. The molecule has 66 valence electrons. The highest BCUT2D eigenvalue weighted by atomic mass is 127. The van der Waals surface area contributed by atoms with E-state index in [0.717, 1.165) is 7.71 Å². The number of thiazole rings is 1. The van der Waals surface area contributed by atoms with Gasteiger partial charge >= 0.3 is 0 Å². The summed E-state index contributed by atoms with van der Waals surface area (Å²) in [4.78, 5) is 14.3. The molecule has 0 amide bonds. The molecule has 0 unspecified atom stereocenters. The average Bonchev–Trinajstić information content (AvgIpc) is 2.43. The van der Waals surface area contributed by atoms with Crippen molar-refractivity contribution in [2.24, 2.45) is 0 Å². The molecule has 0 saturated carbocycles. The fourth-order valence-electron chi connectivity index (χ4n) is 1.05. The van der Waals surface area contributed by atoms with Crippen LogP contribution in [0.1, 0.15) is 0 Å². The van der Waals surface area contributed by atoms with Crippen molar-refractivity contribution in [1.29, 1.82) is 0 Å². The van der Waals surface area contributed by atoms with E-state index in [4.69, 9.17) is 0 Å². The Balaban J connectivity index is 2.82. The minimum atomic E-state index is -0.405. The lowest BCUT2D eigenvalue weighted by molar-refractivity contribution is -0.383. The molecule has 2 aromatic rings. The fourth-order valence-corrected chi connectivity index (χ4v) is 2.72. The lowest BCUT2D eigenvalue weighted by Gasteiger charge is -1.89. The van der Waals surface area contributed by atoms with Gasteiger partial charge in [0.2, 0.25) is 0 Å². The van der Waals surface area contributed by atoms with Crippen LogP contribution < -0.4 is 0 Å². The van der Waals surface area contributed by atoms with Crippen molar-refractivity contribution in [2.75, 3.05) is 0 Å². The first-order valence-electron chi connectivity index (χ1n) is 3.38. The second-order valence-corrected chi connectivity index (χ2v) is 5.13. The number of hydrogen-bond donors (Lipinski definition) is 0. The molecule has 0 atom stereocenters. The van der Waals surface area contributed by atoms with E-state index < -0.39 is 4.92 Å². The van der Waals surface area contributed by atoms with Crippen LogP contribution in [0.3, 0.4) is 0 Å². The summed E-state index contributed by atoms with van der Waals surface area (Å²) >= 11 is 3.51. The van der Waals surface area contributed by atoms with E-state index in [0.29, 0.717) is 5.52 Å². The zero-order valence-electron chi connectivity index (χ0n) is 6.23. The Morgan fingerprint density at radius 2 is 2.31 bits per heavy atom. The molecule has 0 aliphatic rings. The molecule has 13 heavy (non-hydrogen) atoms. The number of rotatable bonds is 1. The normalized spacial score (nSPS) is 10.5. The average molecular weight is 306 g/mol. The third-order valence-electron chi connectivity index (χ3n) is 1.57. The summed E-state index contributed by atoms with van der Waals surface area (Å²) in [6.45, 7) is 0. The number of para-hydroxylation sites is 1. The van der Waals surface area contributed by atoms with Gasteiger partial charge in [0.25, 0.3) is 5.69 Å².